The highest BCUT2D eigenvalue weighted by molar-refractivity contribution is 9.11. The molecule has 1 aliphatic rings. The number of anilines is 1. The highest BCUT2D eigenvalue weighted by Gasteiger charge is 2.24. The van der Waals surface area contributed by atoms with E-state index in [1.54, 1.807) is 0 Å². The van der Waals surface area contributed by atoms with E-state index in [4.69, 9.17) is 11.6 Å². The van der Waals surface area contributed by atoms with Gasteiger partial charge in [0.15, 0.2) is 0 Å². The molecule has 2 nitrogen and oxygen atoms in total. The van der Waals surface area contributed by atoms with Gasteiger partial charge in [0.25, 0.3) is 0 Å². The topological polar surface area (TPSA) is 16.1 Å². The third kappa shape index (κ3) is 2.71. The van der Waals surface area contributed by atoms with Gasteiger partial charge in [0.1, 0.15) is 5.82 Å². The van der Waals surface area contributed by atoms with Gasteiger partial charge in [0.2, 0.25) is 0 Å². The van der Waals surface area contributed by atoms with Crippen molar-refractivity contribution in [1.82, 2.24) is 4.98 Å². The van der Waals surface area contributed by atoms with Crippen LogP contribution in [0.3, 0.4) is 0 Å². The quantitative estimate of drug-likeness (QED) is 0.727. The van der Waals surface area contributed by atoms with Crippen LogP contribution in [-0.2, 0) is 0 Å². The van der Waals surface area contributed by atoms with Crippen LogP contribution in [0.2, 0.25) is 0 Å². The van der Waals surface area contributed by atoms with Gasteiger partial charge in [0.05, 0.1) is 4.47 Å². The summed E-state index contributed by atoms with van der Waals surface area (Å²) in [5.74, 6) is 1.68. The first-order valence-electron chi connectivity index (χ1n) is 5.36. The van der Waals surface area contributed by atoms with Crippen molar-refractivity contribution in [2.45, 2.75) is 25.3 Å². The maximum atomic E-state index is 6.01. The zero-order chi connectivity index (χ0) is 11.5. The molecule has 1 aromatic heterocycles. The normalized spacial score (nSPS) is 21.2. The Kier molecular flexibility index (Phi) is 4.50. The fraction of sp³-hybridized carbons (Fsp3) is 0.545. The summed E-state index contributed by atoms with van der Waals surface area (Å²) in [7, 11) is 0. The molecule has 1 aromatic rings. The Hall–Kier alpha value is 0.200. The van der Waals surface area contributed by atoms with Crippen LogP contribution in [-0.4, -0.2) is 23.5 Å². The van der Waals surface area contributed by atoms with Gasteiger partial charge >= 0.3 is 0 Å². The molecule has 0 amide bonds. The lowest BCUT2D eigenvalue weighted by Crippen LogP contribution is -2.41. The van der Waals surface area contributed by atoms with E-state index in [1.807, 2.05) is 12.3 Å². The van der Waals surface area contributed by atoms with Crippen molar-refractivity contribution in [1.29, 1.82) is 0 Å². The number of aromatic nitrogens is 1. The average Bonchev–Trinajstić information content (AvgIpc) is 2.29. The fourth-order valence-electron chi connectivity index (χ4n) is 2.06. The van der Waals surface area contributed by atoms with Crippen LogP contribution in [0, 0.1) is 0 Å². The van der Waals surface area contributed by atoms with E-state index in [0.29, 0.717) is 11.9 Å². The van der Waals surface area contributed by atoms with Crippen molar-refractivity contribution >= 4 is 49.3 Å². The molecule has 0 aliphatic carbocycles. The fourth-order valence-corrected chi connectivity index (χ4v) is 3.59. The first-order chi connectivity index (χ1) is 7.72. The van der Waals surface area contributed by atoms with Crippen molar-refractivity contribution in [3.63, 3.8) is 0 Å². The lowest BCUT2D eigenvalue weighted by atomic mass is 10.0. The summed E-state index contributed by atoms with van der Waals surface area (Å²) in [6.45, 7) is 1.05. The lowest BCUT2D eigenvalue weighted by molar-refractivity contribution is 0.484. The molecule has 0 spiro atoms. The SMILES string of the molecule is ClCC1CCCCN1c1ncc(Br)cc1Br. The van der Waals surface area contributed by atoms with Crippen molar-refractivity contribution in [2.24, 2.45) is 0 Å². The summed E-state index contributed by atoms with van der Waals surface area (Å²) in [6, 6.07) is 2.45. The molecule has 1 fully saturated rings. The summed E-state index contributed by atoms with van der Waals surface area (Å²) in [6.07, 6.45) is 5.48. The van der Waals surface area contributed by atoms with E-state index in [2.05, 4.69) is 41.7 Å². The Morgan fingerprint density at radius 1 is 1.44 bits per heavy atom. The minimum absolute atomic E-state index is 0.417. The number of alkyl halides is 1. The van der Waals surface area contributed by atoms with Gasteiger partial charge in [-0.25, -0.2) is 4.98 Å². The van der Waals surface area contributed by atoms with Crippen LogP contribution in [0.1, 0.15) is 19.3 Å². The molecule has 0 aromatic carbocycles. The monoisotopic (exact) mass is 366 g/mol. The molecule has 0 N–H and O–H groups in total. The largest absolute Gasteiger partial charge is 0.352 e. The van der Waals surface area contributed by atoms with Crippen LogP contribution in [0.15, 0.2) is 21.2 Å². The summed E-state index contributed by atoms with van der Waals surface area (Å²) >= 11 is 13.0. The molecule has 0 radical (unpaired) electrons. The Balaban J connectivity index is 2.27. The molecule has 1 saturated heterocycles. The van der Waals surface area contributed by atoms with Crippen LogP contribution in [0.25, 0.3) is 0 Å². The van der Waals surface area contributed by atoms with Gasteiger partial charge in [-0.05, 0) is 57.2 Å². The maximum Gasteiger partial charge on any atom is 0.143 e. The molecule has 2 heterocycles. The first-order valence-corrected chi connectivity index (χ1v) is 7.48. The second-order valence-electron chi connectivity index (χ2n) is 3.96. The highest BCUT2D eigenvalue weighted by atomic mass is 79.9. The van der Waals surface area contributed by atoms with Crippen molar-refractivity contribution in [2.75, 3.05) is 17.3 Å². The van der Waals surface area contributed by atoms with Gasteiger partial charge in [0, 0.05) is 29.1 Å². The number of halogens is 3. The average molecular weight is 369 g/mol. The molecule has 1 aliphatic heterocycles. The van der Waals surface area contributed by atoms with Gasteiger partial charge in [-0.3, -0.25) is 0 Å². The van der Waals surface area contributed by atoms with Crippen molar-refractivity contribution in [3.8, 4) is 0 Å². The Labute approximate surface area is 118 Å². The van der Waals surface area contributed by atoms with Crippen LogP contribution in [0.5, 0.6) is 0 Å². The predicted octanol–water partition coefficient (Wildman–Crippen LogP) is 4.20. The molecule has 16 heavy (non-hydrogen) atoms. The summed E-state index contributed by atoms with van der Waals surface area (Å²) < 4.78 is 2.02. The van der Waals surface area contributed by atoms with E-state index < -0.39 is 0 Å². The molecule has 0 saturated carbocycles. The van der Waals surface area contributed by atoms with E-state index in [1.165, 1.54) is 12.8 Å². The zero-order valence-electron chi connectivity index (χ0n) is 8.80. The van der Waals surface area contributed by atoms with Crippen LogP contribution >= 0.6 is 43.5 Å². The molecule has 1 unspecified atom stereocenters. The van der Waals surface area contributed by atoms with E-state index in [0.717, 1.165) is 27.7 Å². The molecular weight excluding hydrogens is 355 g/mol. The zero-order valence-corrected chi connectivity index (χ0v) is 12.7. The minimum Gasteiger partial charge on any atom is -0.352 e. The molecule has 1 atom stereocenters. The third-order valence-corrected chi connectivity index (χ3v) is 4.24. The van der Waals surface area contributed by atoms with Gasteiger partial charge in [-0.2, -0.15) is 0 Å². The number of hydrogen-bond acceptors (Lipinski definition) is 2. The Morgan fingerprint density at radius 3 is 2.94 bits per heavy atom. The minimum atomic E-state index is 0.417. The van der Waals surface area contributed by atoms with Crippen LogP contribution < -0.4 is 4.90 Å². The summed E-state index contributed by atoms with van der Waals surface area (Å²) in [5.41, 5.74) is 0. The van der Waals surface area contributed by atoms with E-state index in [9.17, 15) is 0 Å². The van der Waals surface area contributed by atoms with Gasteiger partial charge in [-0.1, -0.05) is 0 Å². The molecule has 88 valence electrons. The second kappa shape index (κ2) is 5.69. The molecule has 2 rings (SSSR count). The van der Waals surface area contributed by atoms with E-state index in [-0.39, 0.29) is 0 Å². The van der Waals surface area contributed by atoms with Gasteiger partial charge in [-0.15, -0.1) is 11.6 Å². The Bertz CT molecular complexity index is 373. The number of piperidine rings is 1. The van der Waals surface area contributed by atoms with E-state index >= 15 is 0 Å². The number of hydrogen-bond donors (Lipinski definition) is 0. The smallest absolute Gasteiger partial charge is 0.143 e. The van der Waals surface area contributed by atoms with Crippen molar-refractivity contribution < 1.29 is 0 Å². The second-order valence-corrected chi connectivity index (χ2v) is 6.03. The summed E-state index contributed by atoms with van der Waals surface area (Å²) in [4.78, 5) is 6.79. The predicted molar refractivity (Wildman–Crippen MR) is 75.3 cm³/mol. The molecular formula is C11H13Br2ClN2. The molecule has 0 bridgehead atoms. The molecule has 5 heteroatoms. The standard InChI is InChI=1S/C11H13Br2ClN2/c12-8-5-10(13)11(15-7-8)16-4-2-1-3-9(16)6-14/h5,7,9H,1-4,6H2. The highest BCUT2D eigenvalue weighted by Crippen LogP contribution is 2.31. The third-order valence-electron chi connectivity index (χ3n) is 2.87. The number of rotatable bonds is 2. The maximum absolute atomic E-state index is 6.01. The van der Waals surface area contributed by atoms with Crippen molar-refractivity contribution in [3.05, 3.63) is 21.2 Å². The van der Waals surface area contributed by atoms with Gasteiger partial charge < -0.3 is 4.90 Å². The Morgan fingerprint density at radius 2 is 2.25 bits per heavy atom. The summed E-state index contributed by atoms with van der Waals surface area (Å²) in [5, 5.41) is 0. The number of nitrogens with zero attached hydrogens (tertiary/aromatic N) is 2. The lowest BCUT2D eigenvalue weighted by Gasteiger charge is -2.36. The van der Waals surface area contributed by atoms with Crippen LogP contribution in [0.4, 0.5) is 5.82 Å². The number of pyridine rings is 1. The first kappa shape index (κ1) is 12.7.